The molecule has 18 heavy (non-hydrogen) atoms. The fourth-order valence-corrected chi connectivity index (χ4v) is 2.70. The van der Waals surface area contributed by atoms with Crippen LogP contribution in [0.2, 0.25) is 0 Å². The van der Waals surface area contributed by atoms with Gasteiger partial charge < -0.3 is 10.2 Å². The summed E-state index contributed by atoms with van der Waals surface area (Å²) in [5.74, 6) is -0.198. The summed E-state index contributed by atoms with van der Waals surface area (Å²) in [4.78, 5) is 14.1. The molecule has 1 saturated heterocycles. The lowest BCUT2D eigenvalue weighted by Gasteiger charge is -2.22. The number of carbonyl (C=O) groups excluding carboxylic acids is 1. The topological polar surface area (TPSA) is 56.1 Å². The van der Waals surface area contributed by atoms with E-state index in [1.165, 1.54) is 19.3 Å². The largest absolute Gasteiger partial charge is 0.376 e. The Bertz CT molecular complexity index is 358. The Morgan fingerprint density at radius 2 is 1.83 bits per heavy atom. The van der Waals surface area contributed by atoms with Crippen LogP contribution in [-0.2, 0) is 4.79 Å². The van der Waals surface area contributed by atoms with Crippen molar-refractivity contribution in [1.29, 1.82) is 5.26 Å². The van der Waals surface area contributed by atoms with E-state index in [0.29, 0.717) is 0 Å². The highest BCUT2D eigenvalue weighted by Crippen LogP contribution is 2.18. The highest BCUT2D eigenvalue weighted by atomic mass is 16.1. The molecule has 4 heteroatoms. The van der Waals surface area contributed by atoms with E-state index in [0.717, 1.165) is 38.8 Å². The number of nitrogens with one attached hydrogen (secondary N) is 1. The third-order valence-electron chi connectivity index (χ3n) is 3.76. The van der Waals surface area contributed by atoms with Gasteiger partial charge in [-0.25, -0.2) is 0 Å². The molecule has 0 aromatic rings. The Labute approximate surface area is 109 Å². The summed E-state index contributed by atoms with van der Waals surface area (Å²) in [6, 6.07) is 2.29. The van der Waals surface area contributed by atoms with Gasteiger partial charge >= 0.3 is 0 Å². The maximum absolute atomic E-state index is 12.0. The maximum atomic E-state index is 12.0. The second kappa shape index (κ2) is 6.44. The maximum Gasteiger partial charge on any atom is 0.263 e. The molecule has 0 unspecified atom stereocenters. The summed E-state index contributed by atoms with van der Waals surface area (Å²) in [6.45, 7) is 1.92. The number of hydrogen-bond donors (Lipinski definition) is 1. The standard InChI is InChI=1S/C14H21N3O/c15-10-12(11-17-8-4-5-9-17)14(18)16-13-6-2-1-3-7-13/h11,13H,1-9H2,(H,16,18)/b12-11-. The van der Waals surface area contributed by atoms with Crippen LogP contribution in [0.3, 0.4) is 0 Å². The lowest BCUT2D eigenvalue weighted by Crippen LogP contribution is -2.37. The monoisotopic (exact) mass is 247 g/mol. The average Bonchev–Trinajstić information content (AvgIpc) is 2.90. The highest BCUT2D eigenvalue weighted by Gasteiger charge is 2.19. The molecule has 0 radical (unpaired) electrons. The molecule has 1 saturated carbocycles. The van der Waals surface area contributed by atoms with Gasteiger partial charge in [-0.05, 0) is 25.7 Å². The second-order valence-corrected chi connectivity index (χ2v) is 5.21. The van der Waals surface area contributed by atoms with Crippen molar-refractivity contribution >= 4 is 5.91 Å². The number of hydrogen-bond acceptors (Lipinski definition) is 3. The van der Waals surface area contributed by atoms with Crippen molar-refractivity contribution < 1.29 is 4.79 Å². The fraction of sp³-hybridized carbons (Fsp3) is 0.714. The van der Waals surface area contributed by atoms with Gasteiger partial charge in [-0.15, -0.1) is 0 Å². The first-order valence-corrected chi connectivity index (χ1v) is 6.96. The molecule has 4 nitrogen and oxygen atoms in total. The number of carbonyl (C=O) groups is 1. The summed E-state index contributed by atoms with van der Waals surface area (Å²) < 4.78 is 0. The quantitative estimate of drug-likeness (QED) is 0.612. The summed E-state index contributed by atoms with van der Waals surface area (Å²) in [6.07, 6.45) is 9.76. The zero-order chi connectivity index (χ0) is 12.8. The number of nitriles is 1. The Morgan fingerprint density at radius 1 is 1.17 bits per heavy atom. The Kier molecular flexibility index (Phi) is 4.63. The minimum absolute atomic E-state index is 0.198. The number of rotatable bonds is 3. The van der Waals surface area contributed by atoms with Crippen LogP contribution in [0.5, 0.6) is 0 Å². The molecular weight excluding hydrogens is 226 g/mol. The summed E-state index contributed by atoms with van der Waals surface area (Å²) in [5, 5.41) is 12.1. The van der Waals surface area contributed by atoms with Crippen molar-refractivity contribution in [3.63, 3.8) is 0 Å². The minimum atomic E-state index is -0.198. The van der Waals surface area contributed by atoms with E-state index in [2.05, 4.69) is 10.2 Å². The molecule has 1 aliphatic heterocycles. The third-order valence-corrected chi connectivity index (χ3v) is 3.76. The first-order valence-electron chi connectivity index (χ1n) is 6.96. The molecule has 2 aliphatic rings. The van der Waals surface area contributed by atoms with E-state index < -0.39 is 0 Å². The summed E-state index contributed by atoms with van der Waals surface area (Å²) in [7, 11) is 0. The first-order chi connectivity index (χ1) is 8.79. The average molecular weight is 247 g/mol. The van der Waals surface area contributed by atoms with Crippen LogP contribution in [0.25, 0.3) is 0 Å². The van der Waals surface area contributed by atoms with Crippen LogP contribution < -0.4 is 5.32 Å². The predicted molar refractivity (Wildman–Crippen MR) is 69.5 cm³/mol. The van der Waals surface area contributed by atoms with Gasteiger partial charge in [-0.1, -0.05) is 19.3 Å². The minimum Gasteiger partial charge on any atom is -0.376 e. The van der Waals surface area contributed by atoms with Crippen molar-refractivity contribution in [1.82, 2.24) is 10.2 Å². The SMILES string of the molecule is N#C/C(=C/N1CCCC1)C(=O)NC1CCCCC1. The molecule has 0 atom stereocenters. The molecule has 1 heterocycles. The van der Waals surface area contributed by atoms with Gasteiger partial charge in [0.05, 0.1) is 0 Å². The molecule has 0 aromatic heterocycles. The normalized spacial score (nSPS) is 21.7. The van der Waals surface area contributed by atoms with Crippen molar-refractivity contribution in [3.8, 4) is 6.07 Å². The van der Waals surface area contributed by atoms with Crippen LogP contribution in [0.15, 0.2) is 11.8 Å². The molecule has 1 aliphatic carbocycles. The van der Waals surface area contributed by atoms with Gasteiger partial charge in [-0.2, -0.15) is 5.26 Å². The second-order valence-electron chi connectivity index (χ2n) is 5.21. The van der Waals surface area contributed by atoms with Crippen molar-refractivity contribution in [3.05, 3.63) is 11.8 Å². The lowest BCUT2D eigenvalue weighted by molar-refractivity contribution is -0.118. The van der Waals surface area contributed by atoms with Gasteiger partial charge in [0.15, 0.2) is 0 Å². The van der Waals surface area contributed by atoms with Crippen molar-refractivity contribution in [2.24, 2.45) is 0 Å². The van der Waals surface area contributed by atoms with Crippen molar-refractivity contribution in [2.45, 2.75) is 51.0 Å². The zero-order valence-electron chi connectivity index (χ0n) is 10.8. The number of nitrogens with zero attached hydrogens (tertiary/aromatic N) is 2. The molecule has 1 N–H and O–H groups in total. The Hall–Kier alpha value is -1.50. The van der Waals surface area contributed by atoms with Crippen LogP contribution in [0.4, 0.5) is 0 Å². The summed E-state index contributed by atoms with van der Waals surface area (Å²) >= 11 is 0. The number of likely N-dealkylation sites (tertiary alicyclic amines) is 1. The highest BCUT2D eigenvalue weighted by molar-refractivity contribution is 5.97. The lowest BCUT2D eigenvalue weighted by atomic mass is 9.95. The molecule has 98 valence electrons. The fourth-order valence-electron chi connectivity index (χ4n) is 2.70. The van der Waals surface area contributed by atoms with E-state index in [-0.39, 0.29) is 17.5 Å². The van der Waals surface area contributed by atoms with E-state index in [1.807, 2.05) is 6.07 Å². The van der Waals surface area contributed by atoms with Crippen LogP contribution in [0.1, 0.15) is 44.9 Å². The predicted octanol–water partition coefficient (Wildman–Crippen LogP) is 1.94. The van der Waals surface area contributed by atoms with Crippen LogP contribution >= 0.6 is 0 Å². The van der Waals surface area contributed by atoms with Gasteiger partial charge in [0.1, 0.15) is 11.6 Å². The molecule has 0 bridgehead atoms. The van der Waals surface area contributed by atoms with Gasteiger partial charge in [0.2, 0.25) is 0 Å². The van der Waals surface area contributed by atoms with Gasteiger partial charge in [0, 0.05) is 25.3 Å². The van der Waals surface area contributed by atoms with Crippen LogP contribution in [-0.4, -0.2) is 29.9 Å². The molecule has 0 aromatic carbocycles. The molecule has 2 fully saturated rings. The van der Waals surface area contributed by atoms with Gasteiger partial charge in [0.25, 0.3) is 5.91 Å². The van der Waals surface area contributed by atoms with Gasteiger partial charge in [-0.3, -0.25) is 4.79 Å². The Balaban J connectivity index is 1.90. The Morgan fingerprint density at radius 3 is 2.44 bits per heavy atom. The van der Waals surface area contributed by atoms with Crippen molar-refractivity contribution in [2.75, 3.05) is 13.1 Å². The molecule has 2 rings (SSSR count). The van der Waals surface area contributed by atoms with E-state index in [9.17, 15) is 4.79 Å². The van der Waals surface area contributed by atoms with E-state index in [1.54, 1.807) is 6.20 Å². The zero-order valence-corrected chi connectivity index (χ0v) is 10.8. The van der Waals surface area contributed by atoms with E-state index >= 15 is 0 Å². The third kappa shape index (κ3) is 3.49. The van der Waals surface area contributed by atoms with Crippen LogP contribution in [0, 0.1) is 11.3 Å². The first kappa shape index (κ1) is 12.9. The number of amides is 1. The smallest absolute Gasteiger partial charge is 0.263 e. The summed E-state index contributed by atoms with van der Waals surface area (Å²) in [5.41, 5.74) is 0.252. The molecular formula is C14H21N3O. The molecule has 0 spiro atoms. The molecule has 1 amide bonds. The van der Waals surface area contributed by atoms with E-state index in [4.69, 9.17) is 5.26 Å².